The van der Waals surface area contributed by atoms with Crippen LogP contribution in [0.3, 0.4) is 0 Å². The molecule has 0 saturated carbocycles. The van der Waals surface area contributed by atoms with Gasteiger partial charge < -0.3 is 15.0 Å². The smallest absolute Gasteiger partial charge is 0.311 e. The molecule has 1 aliphatic heterocycles. The topological polar surface area (TPSA) is 75.7 Å². The zero-order chi connectivity index (χ0) is 20.1. The van der Waals surface area contributed by atoms with E-state index in [0.717, 1.165) is 23.7 Å². The minimum Gasteiger partial charge on any atom is -0.455 e. The van der Waals surface area contributed by atoms with Gasteiger partial charge in [-0.3, -0.25) is 14.4 Å². The molecule has 1 saturated heterocycles. The van der Waals surface area contributed by atoms with Crippen LogP contribution in [0.25, 0.3) is 0 Å². The molecule has 1 aliphatic rings. The van der Waals surface area contributed by atoms with Crippen LogP contribution in [0.15, 0.2) is 48.5 Å². The number of esters is 1. The fourth-order valence-corrected chi connectivity index (χ4v) is 3.04. The standard InChI is InChI=1S/C21H21FN2O4/c1-2-14-6-8-18(9-7-14)24-12-15(10-20(24)26)21(27)28-13-19(25)23-17-5-3-4-16(22)11-17/h3-9,11,15H,2,10,12-13H2,1H3,(H,23,25)/t15-/m1/s1. The van der Waals surface area contributed by atoms with Crippen LogP contribution in [0.4, 0.5) is 15.8 Å². The van der Waals surface area contributed by atoms with Gasteiger partial charge in [0.15, 0.2) is 6.61 Å². The van der Waals surface area contributed by atoms with Gasteiger partial charge in [0.25, 0.3) is 5.91 Å². The Hall–Kier alpha value is -3.22. The summed E-state index contributed by atoms with van der Waals surface area (Å²) < 4.78 is 18.2. The highest BCUT2D eigenvalue weighted by Crippen LogP contribution is 2.26. The Morgan fingerprint density at radius 1 is 1.21 bits per heavy atom. The molecule has 2 aromatic rings. The van der Waals surface area contributed by atoms with Gasteiger partial charge in [-0.05, 0) is 42.3 Å². The second-order valence-electron chi connectivity index (χ2n) is 6.59. The number of hydrogen-bond donors (Lipinski definition) is 1. The van der Waals surface area contributed by atoms with E-state index in [-0.39, 0.29) is 24.6 Å². The average molecular weight is 384 g/mol. The lowest BCUT2D eigenvalue weighted by atomic mass is 10.1. The molecule has 1 fully saturated rings. The van der Waals surface area contributed by atoms with Crippen LogP contribution in [-0.2, 0) is 25.5 Å². The Bertz CT molecular complexity index is 882. The second kappa shape index (κ2) is 8.65. The maximum Gasteiger partial charge on any atom is 0.311 e. The molecule has 0 bridgehead atoms. The first kappa shape index (κ1) is 19.5. The summed E-state index contributed by atoms with van der Waals surface area (Å²) in [7, 11) is 0. The van der Waals surface area contributed by atoms with E-state index in [4.69, 9.17) is 4.74 Å². The number of rotatable bonds is 6. The molecule has 28 heavy (non-hydrogen) atoms. The van der Waals surface area contributed by atoms with Crippen LogP contribution in [-0.4, -0.2) is 30.9 Å². The van der Waals surface area contributed by atoms with Crippen LogP contribution in [0, 0.1) is 11.7 Å². The summed E-state index contributed by atoms with van der Waals surface area (Å²) in [6, 6.07) is 13.0. The van der Waals surface area contributed by atoms with E-state index >= 15 is 0 Å². The highest BCUT2D eigenvalue weighted by Gasteiger charge is 2.36. The van der Waals surface area contributed by atoms with E-state index in [9.17, 15) is 18.8 Å². The molecular weight excluding hydrogens is 363 g/mol. The van der Waals surface area contributed by atoms with E-state index in [0.29, 0.717) is 0 Å². The third kappa shape index (κ3) is 4.73. The molecule has 7 heteroatoms. The van der Waals surface area contributed by atoms with Gasteiger partial charge in [0.1, 0.15) is 5.82 Å². The first-order chi connectivity index (χ1) is 13.5. The van der Waals surface area contributed by atoms with Gasteiger partial charge in [0, 0.05) is 24.3 Å². The molecule has 6 nitrogen and oxygen atoms in total. The van der Waals surface area contributed by atoms with Crippen LogP contribution >= 0.6 is 0 Å². The van der Waals surface area contributed by atoms with E-state index in [1.807, 2.05) is 31.2 Å². The predicted molar refractivity (Wildman–Crippen MR) is 102 cm³/mol. The number of amides is 2. The Labute approximate surface area is 162 Å². The molecule has 1 heterocycles. The van der Waals surface area contributed by atoms with Gasteiger partial charge in [-0.1, -0.05) is 25.1 Å². The monoisotopic (exact) mass is 384 g/mol. The molecule has 3 rings (SSSR count). The minimum atomic E-state index is -0.625. The zero-order valence-electron chi connectivity index (χ0n) is 15.5. The van der Waals surface area contributed by atoms with E-state index in [1.165, 1.54) is 18.2 Å². The number of ether oxygens (including phenoxy) is 1. The van der Waals surface area contributed by atoms with Crippen molar-refractivity contribution in [2.75, 3.05) is 23.4 Å². The van der Waals surface area contributed by atoms with Crippen molar-refractivity contribution in [3.05, 3.63) is 59.9 Å². The molecule has 2 aromatic carbocycles. The number of aryl methyl sites for hydroxylation is 1. The number of nitrogens with zero attached hydrogens (tertiary/aromatic N) is 1. The van der Waals surface area contributed by atoms with Crippen LogP contribution in [0.5, 0.6) is 0 Å². The highest BCUT2D eigenvalue weighted by molar-refractivity contribution is 6.00. The molecule has 0 aromatic heterocycles. The van der Waals surface area contributed by atoms with Gasteiger partial charge in [-0.2, -0.15) is 0 Å². The summed E-state index contributed by atoms with van der Waals surface area (Å²) in [5.41, 5.74) is 2.18. The fraction of sp³-hybridized carbons (Fsp3) is 0.286. The molecule has 1 N–H and O–H groups in total. The van der Waals surface area contributed by atoms with Gasteiger partial charge in [0.05, 0.1) is 5.92 Å². The predicted octanol–water partition coefficient (Wildman–Crippen LogP) is 2.92. The van der Waals surface area contributed by atoms with Crippen molar-refractivity contribution in [2.45, 2.75) is 19.8 Å². The lowest BCUT2D eigenvalue weighted by molar-refractivity contribution is -0.151. The molecule has 0 radical (unpaired) electrons. The largest absolute Gasteiger partial charge is 0.455 e. The second-order valence-corrected chi connectivity index (χ2v) is 6.59. The van der Waals surface area contributed by atoms with Crippen molar-refractivity contribution in [3.63, 3.8) is 0 Å². The summed E-state index contributed by atoms with van der Waals surface area (Å²) >= 11 is 0. The summed E-state index contributed by atoms with van der Waals surface area (Å²) in [6.07, 6.45) is 0.945. The highest BCUT2D eigenvalue weighted by atomic mass is 19.1. The number of hydrogen-bond acceptors (Lipinski definition) is 4. The number of halogens is 1. The van der Waals surface area contributed by atoms with Crippen molar-refractivity contribution >= 4 is 29.2 Å². The minimum absolute atomic E-state index is 0.0415. The van der Waals surface area contributed by atoms with Gasteiger partial charge in [-0.15, -0.1) is 0 Å². The summed E-state index contributed by atoms with van der Waals surface area (Å²) in [5.74, 6) is -2.44. The van der Waals surface area contributed by atoms with E-state index < -0.39 is 30.2 Å². The number of nitrogens with one attached hydrogen (secondary N) is 1. The lowest BCUT2D eigenvalue weighted by Crippen LogP contribution is -2.28. The van der Waals surface area contributed by atoms with Crippen LogP contribution < -0.4 is 10.2 Å². The number of carbonyl (C=O) groups is 3. The zero-order valence-corrected chi connectivity index (χ0v) is 15.5. The maximum atomic E-state index is 13.1. The van der Waals surface area contributed by atoms with Crippen molar-refractivity contribution in [1.29, 1.82) is 0 Å². The Morgan fingerprint density at radius 2 is 1.96 bits per heavy atom. The third-order valence-electron chi connectivity index (χ3n) is 4.57. The summed E-state index contributed by atoms with van der Waals surface area (Å²) in [5, 5.41) is 2.45. The Kier molecular flexibility index (Phi) is 6.03. The Balaban J connectivity index is 1.52. The average Bonchev–Trinajstić information content (AvgIpc) is 3.08. The third-order valence-corrected chi connectivity index (χ3v) is 4.57. The first-order valence-corrected chi connectivity index (χ1v) is 9.07. The van der Waals surface area contributed by atoms with Gasteiger partial charge >= 0.3 is 5.97 Å². The fourth-order valence-electron chi connectivity index (χ4n) is 3.04. The molecule has 0 unspecified atom stereocenters. The molecule has 1 atom stereocenters. The van der Waals surface area contributed by atoms with Crippen molar-refractivity contribution in [1.82, 2.24) is 0 Å². The molecule has 0 aliphatic carbocycles. The van der Waals surface area contributed by atoms with Crippen LogP contribution in [0.2, 0.25) is 0 Å². The molecule has 2 amide bonds. The maximum absolute atomic E-state index is 13.1. The Morgan fingerprint density at radius 3 is 2.64 bits per heavy atom. The SMILES string of the molecule is CCc1ccc(N2C[C@H](C(=O)OCC(=O)Nc3cccc(F)c3)CC2=O)cc1. The lowest BCUT2D eigenvalue weighted by Gasteiger charge is -2.17. The normalized spacial score (nSPS) is 16.1. The van der Waals surface area contributed by atoms with Crippen molar-refractivity contribution in [3.8, 4) is 0 Å². The number of anilines is 2. The molecule has 0 spiro atoms. The summed E-state index contributed by atoms with van der Waals surface area (Å²) in [4.78, 5) is 37.9. The first-order valence-electron chi connectivity index (χ1n) is 9.07. The van der Waals surface area contributed by atoms with Crippen molar-refractivity contribution in [2.24, 2.45) is 5.92 Å². The van der Waals surface area contributed by atoms with Gasteiger partial charge in [-0.25, -0.2) is 4.39 Å². The molecular formula is C21H21FN2O4. The summed E-state index contributed by atoms with van der Waals surface area (Å²) in [6.45, 7) is 1.77. The van der Waals surface area contributed by atoms with E-state index in [2.05, 4.69) is 5.32 Å². The van der Waals surface area contributed by atoms with Crippen molar-refractivity contribution < 1.29 is 23.5 Å². The van der Waals surface area contributed by atoms with Crippen LogP contribution in [0.1, 0.15) is 18.9 Å². The number of benzene rings is 2. The molecule has 146 valence electrons. The number of carbonyl (C=O) groups excluding carboxylic acids is 3. The van der Waals surface area contributed by atoms with E-state index in [1.54, 1.807) is 4.90 Å². The quantitative estimate of drug-likeness (QED) is 0.777. The van der Waals surface area contributed by atoms with Gasteiger partial charge in [0.2, 0.25) is 5.91 Å².